The van der Waals surface area contributed by atoms with Gasteiger partial charge in [-0.2, -0.15) is 0 Å². The molecule has 1 saturated heterocycles. The van der Waals surface area contributed by atoms with E-state index in [9.17, 15) is 4.79 Å². The number of rotatable bonds is 4. The summed E-state index contributed by atoms with van der Waals surface area (Å²) >= 11 is 0. The second kappa shape index (κ2) is 5.99. The molecule has 18 heavy (non-hydrogen) atoms. The van der Waals surface area contributed by atoms with Gasteiger partial charge in [0.1, 0.15) is 18.1 Å². The zero-order valence-electron chi connectivity index (χ0n) is 9.91. The minimum absolute atomic E-state index is 0.0457. The second-order valence-electron chi connectivity index (χ2n) is 4.26. The van der Waals surface area contributed by atoms with Crippen molar-refractivity contribution >= 4 is 18.9 Å². The molecule has 6 heteroatoms. The first kappa shape index (κ1) is 13.1. The van der Waals surface area contributed by atoms with Crippen molar-refractivity contribution in [2.24, 2.45) is 0 Å². The first-order chi connectivity index (χ1) is 8.69. The molecule has 1 aliphatic heterocycles. The molecule has 0 bridgehead atoms. The van der Waals surface area contributed by atoms with Crippen LogP contribution in [-0.2, 0) is 4.74 Å². The second-order valence-corrected chi connectivity index (χ2v) is 4.26. The fraction of sp³-hybridized carbons (Fsp3) is 0.417. The third kappa shape index (κ3) is 3.32. The van der Waals surface area contributed by atoms with Gasteiger partial charge >= 0.3 is 7.12 Å². The highest BCUT2D eigenvalue weighted by Crippen LogP contribution is 2.18. The normalized spacial score (nSPS) is 16.3. The lowest BCUT2D eigenvalue weighted by Crippen LogP contribution is -2.31. The van der Waals surface area contributed by atoms with Crippen molar-refractivity contribution in [2.75, 3.05) is 13.2 Å². The summed E-state index contributed by atoms with van der Waals surface area (Å²) in [7, 11) is -1.61. The van der Waals surface area contributed by atoms with E-state index in [2.05, 4.69) is 0 Å². The predicted molar refractivity (Wildman–Crippen MR) is 66.1 cm³/mol. The van der Waals surface area contributed by atoms with E-state index in [1.165, 1.54) is 12.1 Å². The molecule has 0 aromatic heterocycles. The van der Waals surface area contributed by atoms with Crippen LogP contribution in [0, 0.1) is 0 Å². The molecule has 96 valence electrons. The highest BCUT2D eigenvalue weighted by molar-refractivity contribution is 6.58. The van der Waals surface area contributed by atoms with Crippen molar-refractivity contribution in [2.45, 2.75) is 18.9 Å². The Morgan fingerprint density at radius 3 is 2.61 bits per heavy atom. The summed E-state index contributed by atoms with van der Waals surface area (Å²) in [6.07, 6.45) is 2.29. The fourth-order valence-electron chi connectivity index (χ4n) is 1.92. The highest BCUT2D eigenvalue weighted by Gasteiger charge is 2.18. The van der Waals surface area contributed by atoms with E-state index < -0.39 is 7.12 Å². The van der Waals surface area contributed by atoms with Gasteiger partial charge in [-0.25, -0.2) is 0 Å². The molecule has 1 aliphatic rings. The molecule has 1 heterocycles. The molecular formula is C12H15BO5. The number of carbonyl (C=O) groups is 1. The van der Waals surface area contributed by atoms with Gasteiger partial charge in [0, 0.05) is 18.4 Å². The Morgan fingerprint density at radius 1 is 1.28 bits per heavy atom. The fourth-order valence-corrected chi connectivity index (χ4v) is 1.92. The number of aldehydes is 1. The van der Waals surface area contributed by atoms with E-state index in [4.69, 9.17) is 19.5 Å². The van der Waals surface area contributed by atoms with E-state index in [1.807, 2.05) is 0 Å². The van der Waals surface area contributed by atoms with Crippen molar-refractivity contribution in [1.82, 2.24) is 0 Å². The zero-order chi connectivity index (χ0) is 13.0. The minimum atomic E-state index is -1.61. The van der Waals surface area contributed by atoms with E-state index >= 15 is 0 Å². The molecule has 0 unspecified atom stereocenters. The van der Waals surface area contributed by atoms with Gasteiger partial charge in [-0.3, -0.25) is 4.79 Å². The molecule has 0 radical (unpaired) electrons. The molecular weight excluding hydrogens is 235 g/mol. The first-order valence-electron chi connectivity index (χ1n) is 5.90. The van der Waals surface area contributed by atoms with Crippen LogP contribution in [-0.4, -0.2) is 42.8 Å². The van der Waals surface area contributed by atoms with Crippen LogP contribution < -0.4 is 10.2 Å². The van der Waals surface area contributed by atoms with Gasteiger partial charge in [0.25, 0.3) is 0 Å². The van der Waals surface area contributed by atoms with E-state index in [0.29, 0.717) is 30.8 Å². The van der Waals surface area contributed by atoms with Crippen LogP contribution in [0.25, 0.3) is 0 Å². The van der Waals surface area contributed by atoms with Gasteiger partial charge < -0.3 is 19.5 Å². The summed E-state index contributed by atoms with van der Waals surface area (Å²) in [5, 5.41) is 18.3. The summed E-state index contributed by atoms with van der Waals surface area (Å²) < 4.78 is 11.0. The highest BCUT2D eigenvalue weighted by atomic mass is 16.5. The smallest absolute Gasteiger partial charge is 0.488 e. The van der Waals surface area contributed by atoms with Crippen molar-refractivity contribution in [1.29, 1.82) is 0 Å². The van der Waals surface area contributed by atoms with Gasteiger partial charge in [-0.15, -0.1) is 0 Å². The van der Waals surface area contributed by atoms with Gasteiger partial charge in [-0.1, -0.05) is 6.07 Å². The zero-order valence-corrected chi connectivity index (χ0v) is 9.91. The molecule has 0 spiro atoms. The lowest BCUT2D eigenvalue weighted by Gasteiger charge is -2.23. The number of carbonyl (C=O) groups excluding carboxylic acids is 1. The van der Waals surface area contributed by atoms with Crippen molar-refractivity contribution in [3.63, 3.8) is 0 Å². The maximum atomic E-state index is 10.8. The van der Waals surface area contributed by atoms with Crippen LogP contribution in [0.2, 0.25) is 0 Å². The Hall–Kier alpha value is -1.37. The number of benzene rings is 1. The lowest BCUT2D eigenvalue weighted by molar-refractivity contribution is 0.0255. The summed E-state index contributed by atoms with van der Waals surface area (Å²) in [6.45, 7) is 1.32. The minimum Gasteiger partial charge on any atom is -0.490 e. The van der Waals surface area contributed by atoms with Crippen LogP contribution in [0.4, 0.5) is 0 Å². The van der Waals surface area contributed by atoms with E-state index in [0.717, 1.165) is 12.8 Å². The van der Waals surface area contributed by atoms with Crippen LogP contribution in [0.3, 0.4) is 0 Å². The maximum absolute atomic E-state index is 10.8. The maximum Gasteiger partial charge on any atom is 0.488 e. The van der Waals surface area contributed by atoms with Crippen LogP contribution in [0.15, 0.2) is 18.2 Å². The summed E-state index contributed by atoms with van der Waals surface area (Å²) in [4.78, 5) is 10.8. The largest absolute Gasteiger partial charge is 0.490 e. The van der Waals surface area contributed by atoms with Gasteiger partial charge in [0.15, 0.2) is 0 Å². The standard InChI is InChI=1S/C12H15BO5/c14-8-9-5-10(13(15)16)7-12(6-9)18-11-1-3-17-4-2-11/h5-8,11,15-16H,1-4H2. The quantitative estimate of drug-likeness (QED) is 0.568. The van der Waals surface area contributed by atoms with Crippen molar-refractivity contribution in [3.8, 4) is 5.75 Å². The SMILES string of the molecule is O=Cc1cc(OC2CCOCC2)cc(B(O)O)c1. The average molecular weight is 250 g/mol. The third-order valence-electron chi connectivity index (χ3n) is 2.86. The van der Waals surface area contributed by atoms with Gasteiger partial charge in [0.05, 0.1) is 13.2 Å². The average Bonchev–Trinajstić information content (AvgIpc) is 2.39. The van der Waals surface area contributed by atoms with Crippen LogP contribution >= 0.6 is 0 Å². The molecule has 0 aliphatic carbocycles. The topological polar surface area (TPSA) is 76.0 Å². The Balaban J connectivity index is 2.15. The molecule has 1 aromatic rings. The number of hydrogen-bond acceptors (Lipinski definition) is 5. The molecule has 5 nitrogen and oxygen atoms in total. The first-order valence-corrected chi connectivity index (χ1v) is 5.90. The Labute approximate surface area is 105 Å². The van der Waals surface area contributed by atoms with Crippen molar-refractivity contribution in [3.05, 3.63) is 23.8 Å². The molecule has 1 aromatic carbocycles. The Morgan fingerprint density at radius 2 is 2.00 bits per heavy atom. The molecule has 1 fully saturated rings. The lowest BCUT2D eigenvalue weighted by atomic mass is 9.79. The number of hydrogen-bond donors (Lipinski definition) is 2. The molecule has 0 amide bonds. The van der Waals surface area contributed by atoms with Gasteiger partial charge in [0.2, 0.25) is 0 Å². The molecule has 0 saturated carbocycles. The Bertz CT molecular complexity index is 415. The van der Waals surface area contributed by atoms with E-state index in [1.54, 1.807) is 6.07 Å². The summed E-state index contributed by atoms with van der Waals surface area (Å²) in [5.41, 5.74) is 0.615. The predicted octanol–water partition coefficient (Wildman–Crippen LogP) is -0.263. The molecule has 0 atom stereocenters. The number of ether oxygens (including phenoxy) is 2. The van der Waals surface area contributed by atoms with Gasteiger partial charge in [-0.05, 0) is 17.6 Å². The monoisotopic (exact) mass is 250 g/mol. The van der Waals surface area contributed by atoms with Crippen LogP contribution in [0.1, 0.15) is 23.2 Å². The molecule has 2 N–H and O–H groups in total. The Kier molecular flexibility index (Phi) is 4.35. The van der Waals surface area contributed by atoms with Crippen molar-refractivity contribution < 1.29 is 24.3 Å². The summed E-state index contributed by atoms with van der Waals surface area (Å²) in [6, 6.07) is 4.55. The summed E-state index contributed by atoms with van der Waals surface area (Å²) in [5.74, 6) is 0.481. The molecule has 2 rings (SSSR count). The third-order valence-corrected chi connectivity index (χ3v) is 2.86. The van der Waals surface area contributed by atoms with Crippen LogP contribution in [0.5, 0.6) is 5.75 Å². The van der Waals surface area contributed by atoms with E-state index in [-0.39, 0.29) is 11.6 Å².